The van der Waals surface area contributed by atoms with E-state index in [1.54, 1.807) is 6.20 Å². The largest absolute Gasteiger partial charge is 0.350 e. The summed E-state index contributed by atoms with van der Waals surface area (Å²) in [6.07, 6.45) is 6.22. The molecule has 0 unspecified atom stereocenters. The molecule has 0 atom stereocenters. The first-order chi connectivity index (χ1) is 8.84. The Balaban J connectivity index is 1.63. The summed E-state index contributed by atoms with van der Waals surface area (Å²) in [5.41, 5.74) is 0.906. The van der Waals surface area contributed by atoms with Gasteiger partial charge < -0.3 is 10.2 Å². The van der Waals surface area contributed by atoms with E-state index in [-0.39, 0.29) is 5.91 Å². The third-order valence-corrected chi connectivity index (χ3v) is 3.30. The SMILES string of the molecule is O=C(CCN1CCCCC1)NCc1ccccn1. The van der Waals surface area contributed by atoms with E-state index >= 15 is 0 Å². The molecule has 1 aliphatic heterocycles. The van der Waals surface area contributed by atoms with Gasteiger partial charge in [0.15, 0.2) is 0 Å². The molecule has 0 aliphatic carbocycles. The number of aromatic nitrogens is 1. The van der Waals surface area contributed by atoms with Crippen molar-refractivity contribution in [1.29, 1.82) is 0 Å². The van der Waals surface area contributed by atoms with Crippen molar-refractivity contribution in [1.82, 2.24) is 15.2 Å². The highest BCUT2D eigenvalue weighted by atomic mass is 16.1. The van der Waals surface area contributed by atoms with Crippen molar-refractivity contribution in [2.24, 2.45) is 0 Å². The summed E-state index contributed by atoms with van der Waals surface area (Å²) in [6.45, 7) is 3.70. The molecule has 4 nitrogen and oxygen atoms in total. The Morgan fingerprint density at radius 2 is 2.11 bits per heavy atom. The molecule has 0 radical (unpaired) electrons. The van der Waals surface area contributed by atoms with Crippen LogP contribution in [0.2, 0.25) is 0 Å². The first-order valence-corrected chi connectivity index (χ1v) is 6.73. The fourth-order valence-corrected chi connectivity index (χ4v) is 2.22. The number of pyridine rings is 1. The third-order valence-electron chi connectivity index (χ3n) is 3.30. The highest BCUT2D eigenvalue weighted by Crippen LogP contribution is 2.08. The monoisotopic (exact) mass is 247 g/mol. The minimum atomic E-state index is 0.117. The third kappa shape index (κ3) is 4.45. The normalized spacial score (nSPS) is 16.4. The molecule has 1 saturated heterocycles. The Morgan fingerprint density at radius 1 is 1.28 bits per heavy atom. The number of carbonyl (C=O) groups excluding carboxylic acids is 1. The molecule has 0 bridgehead atoms. The lowest BCUT2D eigenvalue weighted by atomic mass is 10.1. The van der Waals surface area contributed by atoms with Gasteiger partial charge in [0.2, 0.25) is 5.91 Å². The molecule has 98 valence electrons. The van der Waals surface area contributed by atoms with Gasteiger partial charge in [0, 0.05) is 19.2 Å². The average Bonchev–Trinajstić information content (AvgIpc) is 2.45. The second kappa shape index (κ2) is 7.11. The lowest BCUT2D eigenvalue weighted by Crippen LogP contribution is -2.34. The maximum absolute atomic E-state index is 11.7. The summed E-state index contributed by atoms with van der Waals surface area (Å²) >= 11 is 0. The minimum absolute atomic E-state index is 0.117. The number of carbonyl (C=O) groups is 1. The number of nitrogens with zero attached hydrogens (tertiary/aromatic N) is 2. The van der Waals surface area contributed by atoms with E-state index in [0.29, 0.717) is 13.0 Å². The maximum Gasteiger partial charge on any atom is 0.221 e. The number of likely N-dealkylation sites (tertiary alicyclic amines) is 1. The number of hydrogen-bond acceptors (Lipinski definition) is 3. The second-order valence-electron chi connectivity index (χ2n) is 4.75. The van der Waals surface area contributed by atoms with Gasteiger partial charge in [-0.05, 0) is 38.1 Å². The van der Waals surface area contributed by atoms with Crippen LogP contribution in [-0.4, -0.2) is 35.4 Å². The number of rotatable bonds is 5. The predicted molar refractivity (Wildman–Crippen MR) is 71.0 cm³/mol. The number of amides is 1. The van der Waals surface area contributed by atoms with Gasteiger partial charge in [0.25, 0.3) is 0 Å². The summed E-state index contributed by atoms with van der Waals surface area (Å²) < 4.78 is 0. The van der Waals surface area contributed by atoms with Gasteiger partial charge in [-0.15, -0.1) is 0 Å². The second-order valence-corrected chi connectivity index (χ2v) is 4.75. The highest BCUT2D eigenvalue weighted by Gasteiger charge is 2.11. The molecule has 0 saturated carbocycles. The smallest absolute Gasteiger partial charge is 0.221 e. The number of hydrogen-bond donors (Lipinski definition) is 1. The Morgan fingerprint density at radius 3 is 2.83 bits per heavy atom. The fourth-order valence-electron chi connectivity index (χ4n) is 2.22. The molecule has 2 heterocycles. The molecule has 2 rings (SSSR count). The summed E-state index contributed by atoms with van der Waals surface area (Å²) in [4.78, 5) is 18.2. The Labute approximate surface area is 108 Å². The van der Waals surface area contributed by atoms with E-state index in [4.69, 9.17) is 0 Å². The summed E-state index contributed by atoms with van der Waals surface area (Å²) in [5.74, 6) is 0.117. The lowest BCUT2D eigenvalue weighted by Gasteiger charge is -2.25. The molecular weight excluding hydrogens is 226 g/mol. The fraction of sp³-hybridized carbons (Fsp3) is 0.571. The molecule has 0 aromatic carbocycles. The summed E-state index contributed by atoms with van der Waals surface area (Å²) in [7, 11) is 0. The predicted octanol–water partition coefficient (Wildman–Crippen LogP) is 1.57. The molecule has 1 aromatic rings. The van der Waals surface area contributed by atoms with Gasteiger partial charge in [-0.3, -0.25) is 9.78 Å². The lowest BCUT2D eigenvalue weighted by molar-refractivity contribution is -0.121. The van der Waals surface area contributed by atoms with Gasteiger partial charge in [0.1, 0.15) is 0 Å². The molecule has 1 N–H and O–H groups in total. The van der Waals surface area contributed by atoms with E-state index in [2.05, 4.69) is 15.2 Å². The van der Waals surface area contributed by atoms with Crippen molar-refractivity contribution in [2.75, 3.05) is 19.6 Å². The van der Waals surface area contributed by atoms with Crippen LogP contribution >= 0.6 is 0 Å². The Hall–Kier alpha value is -1.42. The molecule has 1 aromatic heterocycles. The van der Waals surface area contributed by atoms with E-state index in [1.165, 1.54) is 19.3 Å². The minimum Gasteiger partial charge on any atom is -0.350 e. The van der Waals surface area contributed by atoms with Crippen molar-refractivity contribution in [2.45, 2.75) is 32.2 Å². The zero-order valence-corrected chi connectivity index (χ0v) is 10.8. The molecule has 1 fully saturated rings. The van der Waals surface area contributed by atoms with Crippen LogP contribution in [-0.2, 0) is 11.3 Å². The van der Waals surface area contributed by atoms with E-state index < -0.39 is 0 Å². The van der Waals surface area contributed by atoms with Crippen LogP contribution in [0.15, 0.2) is 24.4 Å². The van der Waals surface area contributed by atoms with Crippen molar-refractivity contribution in [3.63, 3.8) is 0 Å². The average molecular weight is 247 g/mol. The summed E-state index contributed by atoms with van der Waals surface area (Å²) in [5, 5.41) is 2.91. The van der Waals surface area contributed by atoms with Crippen LogP contribution in [0, 0.1) is 0 Å². The van der Waals surface area contributed by atoms with Crippen molar-refractivity contribution in [3.05, 3.63) is 30.1 Å². The topological polar surface area (TPSA) is 45.2 Å². The highest BCUT2D eigenvalue weighted by molar-refractivity contribution is 5.75. The van der Waals surface area contributed by atoms with E-state index in [0.717, 1.165) is 25.3 Å². The van der Waals surface area contributed by atoms with E-state index in [1.807, 2.05) is 18.2 Å². The van der Waals surface area contributed by atoms with Gasteiger partial charge in [-0.1, -0.05) is 12.5 Å². The number of piperidine rings is 1. The van der Waals surface area contributed by atoms with Crippen LogP contribution < -0.4 is 5.32 Å². The van der Waals surface area contributed by atoms with Crippen LogP contribution in [0.1, 0.15) is 31.4 Å². The zero-order valence-electron chi connectivity index (χ0n) is 10.8. The standard InChI is InChI=1S/C14H21N3O/c18-14(7-11-17-9-4-1-5-10-17)16-12-13-6-2-3-8-15-13/h2-3,6,8H,1,4-5,7,9-12H2,(H,16,18). The van der Waals surface area contributed by atoms with Crippen LogP contribution in [0.25, 0.3) is 0 Å². The molecule has 18 heavy (non-hydrogen) atoms. The molecular formula is C14H21N3O. The van der Waals surface area contributed by atoms with Gasteiger partial charge in [-0.2, -0.15) is 0 Å². The summed E-state index contributed by atoms with van der Waals surface area (Å²) in [6, 6.07) is 5.73. The molecule has 1 aliphatic rings. The van der Waals surface area contributed by atoms with Crippen molar-refractivity contribution < 1.29 is 4.79 Å². The Kier molecular flexibility index (Phi) is 5.15. The van der Waals surface area contributed by atoms with Gasteiger partial charge in [0.05, 0.1) is 12.2 Å². The van der Waals surface area contributed by atoms with Crippen LogP contribution in [0.3, 0.4) is 0 Å². The Bertz CT molecular complexity index is 361. The maximum atomic E-state index is 11.7. The number of nitrogens with one attached hydrogen (secondary N) is 1. The quantitative estimate of drug-likeness (QED) is 0.859. The van der Waals surface area contributed by atoms with Crippen molar-refractivity contribution >= 4 is 5.91 Å². The molecule has 1 amide bonds. The first kappa shape index (κ1) is 13.0. The van der Waals surface area contributed by atoms with E-state index in [9.17, 15) is 4.79 Å². The zero-order chi connectivity index (χ0) is 12.6. The van der Waals surface area contributed by atoms with Crippen LogP contribution in [0.4, 0.5) is 0 Å². The van der Waals surface area contributed by atoms with Gasteiger partial charge >= 0.3 is 0 Å². The molecule has 0 spiro atoms. The van der Waals surface area contributed by atoms with Gasteiger partial charge in [-0.25, -0.2) is 0 Å². The van der Waals surface area contributed by atoms with Crippen molar-refractivity contribution in [3.8, 4) is 0 Å². The first-order valence-electron chi connectivity index (χ1n) is 6.73. The molecule has 4 heteroatoms. The van der Waals surface area contributed by atoms with Crippen LogP contribution in [0.5, 0.6) is 0 Å².